The number of hydrogen-bond donors (Lipinski definition) is 1. The first-order valence-electron chi connectivity index (χ1n) is 9.15. The number of benzene rings is 1. The summed E-state index contributed by atoms with van der Waals surface area (Å²) in [5.74, 6) is 1.46. The van der Waals surface area contributed by atoms with Crippen LogP contribution in [0.2, 0.25) is 0 Å². The van der Waals surface area contributed by atoms with E-state index in [-0.39, 0.29) is 5.82 Å². The Kier molecular flexibility index (Phi) is 6.84. The molecule has 1 aliphatic heterocycles. The lowest BCUT2D eigenvalue weighted by atomic mass is 10.2. The number of aliphatic imine (C=N–C) groups is 1. The smallest absolute Gasteiger partial charge is 0.194 e. The average Bonchev–Trinajstić information content (AvgIpc) is 3.14. The van der Waals surface area contributed by atoms with Gasteiger partial charge in [0.15, 0.2) is 11.7 Å². The highest BCUT2D eigenvalue weighted by Gasteiger charge is 2.20. The molecule has 0 spiro atoms. The van der Waals surface area contributed by atoms with Crippen LogP contribution in [0.1, 0.15) is 23.9 Å². The number of guanidine groups is 1. The Labute approximate surface area is 167 Å². The zero-order valence-electron chi connectivity index (χ0n) is 15.7. The van der Waals surface area contributed by atoms with Crippen molar-refractivity contribution in [2.75, 3.05) is 33.2 Å². The van der Waals surface area contributed by atoms with E-state index in [1.807, 2.05) is 12.1 Å². The second-order valence-corrected chi connectivity index (χ2v) is 7.40. The van der Waals surface area contributed by atoms with Crippen LogP contribution in [0.3, 0.4) is 0 Å². The first kappa shape index (κ1) is 19.8. The van der Waals surface area contributed by atoms with Crippen LogP contribution >= 0.6 is 15.9 Å². The number of halogens is 2. The predicted octanol–water partition coefficient (Wildman–Crippen LogP) is 3.03. The highest BCUT2D eigenvalue weighted by molar-refractivity contribution is 9.10. The summed E-state index contributed by atoms with van der Waals surface area (Å²) in [7, 11) is 1.79. The van der Waals surface area contributed by atoms with Crippen molar-refractivity contribution in [2.24, 2.45) is 4.99 Å². The second kappa shape index (κ2) is 9.32. The molecular weight excluding hydrogens is 413 g/mol. The first-order chi connectivity index (χ1) is 13.1. The third-order valence-corrected chi connectivity index (χ3v) is 5.31. The molecule has 1 saturated heterocycles. The largest absolute Gasteiger partial charge is 0.359 e. The van der Waals surface area contributed by atoms with Crippen LogP contribution in [-0.4, -0.2) is 54.1 Å². The normalized spacial score (nSPS) is 16.0. The summed E-state index contributed by atoms with van der Waals surface area (Å²) in [6.45, 7) is 6.92. The Bertz CT molecular complexity index is 786. The molecule has 0 unspecified atom stereocenters. The van der Waals surface area contributed by atoms with Gasteiger partial charge in [0.25, 0.3) is 0 Å². The molecule has 146 valence electrons. The molecule has 1 aliphatic rings. The topological polar surface area (TPSA) is 56.9 Å². The van der Waals surface area contributed by atoms with Gasteiger partial charge in [0.1, 0.15) is 5.82 Å². The molecular formula is C19H25BrFN5O. The maximum Gasteiger partial charge on any atom is 0.194 e. The maximum absolute atomic E-state index is 13.7. The summed E-state index contributed by atoms with van der Waals surface area (Å²) < 4.78 is 19.5. The van der Waals surface area contributed by atoms with Gasteiger partial charge in [-0.15, -0.1) is 0 Å². The Morgan fingerprint density at radius 2 is 2.07 bits per heavy atom. The fraction of sp³-hybridized carbons (Fsp3) is 0.474. The zero-order valence-corrected chi connectivity index (χ0v) is 17.3. The molecule has 1 N–H and O–H groups in total. The third kappa shape index (κ3) is 5.29. The minimum absolute atomic E-state index is 0.214. The van der Waals surface area contributed by atoms with E-state index in [1.165, 1.54) is 0 Å². The number of aryl methyl sites for hydroxylation is 1. The van der Waals surface area contributed by atoms with Gasteiger partial charge in [-0.1, -0.05) is 18.1 Å². The molecule has 3 rings (SSSR count). The third-order valence-electron chi connectivity index (χ3n) is 4.66. The van der Waals surface area contributed by atoms with Crippen molar-refractivity contribution in [3.05, 3.63) is 51.6 Å². The number of nitrogens with one attached hydrogen (secondary N) is 1. The van der Waals surface area contributed by atoms with Gasteiger partial charge in [-0.25, -0.2) is 4.39 Å². The van der Waals surface area contributed by atoms with Crippen LogP contribution in [0.15, 0.2) is 38.3 Å². The molecule has 8 heteroatoms. The van der Waals surface area contributed by atoms with Crippen molar-refractivity contribution in [1.29, 1.82) is 0 Å². The number of rotatable bonds is 5. The lowest BCUT2D eigenvalue weighted by molar-refractivity contribution is 0.172. The van der Waals surface area contributed by atoms with Gasteiger partial charge >= 0.3 is 0 Å². The lowest BCUT2D eigenvalue weighted by Gasteiger charge is -2.36. The molecule has 0 amide bonds. The van der Waals surface area contributed by atoms with Crippen LogP contribution in [0, 0.1) is 5.82 Å². The molecule has 0 radical (unpaired) electrons. The van der Waals surface area contributed by atoms with Crippen LogP contribution in [0.5, 0.6) is 0 Å². The molecule has 2 aromatic rings. The molecule has 6 nitrogen and oxygen atoms in total. The second-order valence-electron chi connectivity index (χ2n) is 6.55. The van der Waals surface area contributed by atoms with E-state index in [4.69, 9.17) is 4.52 Å². The number of hydrogen-bond acceptors (Lipinski definition) is 4. The van der Waals surface area contributed by atoms with E-state index in [1.54, 1.807) is 19.2 Å². The standard InChI is InChI=1S/C19H25BrFN5O/c1-3-15-11-16(27-24-15)12-23-19(22-2)26-8-6-25(7-9-26)13-14-4-5-17(20)18(21)10-14/h4-5,10-11H,3,6-9,12-13H2,1-2H3,(H,22,23). The lowest BCUT2D eigenvalue weighted by Crippen LogP contribution is -2.52. The Morgan fingerprint density at radius 1 is 1.30 bits per heavy atom. The van der Waals surface area contributed by atoms with Crippen molar-refractivity contribution in [3.63, 3.8) is 0 Å². The van der Waals surface area contributed by atoms with E-state index in [0.717, 1.165) is 62.1 Å². The average molecular weight is 438 g/mol. The first-order valence-corrected chi connectivity index (χ1v) is 9.94. The summed E-state index contributed by atoms with van der Waals surface area (Å²) in [5.41, 5.74) is 1.95. The van der Waals surface area contributed by atoms with Crippen LogP contribution in [0.25, 0.3) is 0 Å². The van der Waals surface area contributed by atoms with Gasteiger partial charge in [-0.2, -0.15) is 0 Å². The molecule has 0 atom stereocenters. The van der Waals surface area contributed by atoms with Crippen LogP contribution in [0.4, 0.5) is 4.39 Å². The van der Waals surface area contributed by atoms with Crippen LogP contribution in [-0.2, 0) is 19.5 Å². The fourth-order valence-electron chi connectivity index (χ4n) is 3.12. The van der Waals surface area contributed by atoms with E-state index >= 15 is 0 Å². The van der Waals surface area contributed by atoms with E-state index in [9.17, 15) is 4.39 Å². The predicted molar refractivity (Wildman–Crippen MR) is 107 cm³/mol. The van der Waals surface area contributed by atoms with Crippen molar-refractivity contribution >= 4 is 21.9 Å². The quantitative estimate of drug-likeness (QED) is 0.575. The molecule has 27 heavy (non-hydrogen) atoms. The van der Waals surface area contributed by atoms with Gasteiger partial charge < -0.3 is 14.7 Å². The molecule has 1 aromatic heterocycles. The highest BCUT2D eigenvalue weighted by atomic mass is 79.9. The monoisotopic (exact) mass is 437 g/mol. The number of nitrogens with zero attached hydrogens (tertiary/aromatic N) is 4. The summed E-state index contributed by atoms with van der Waals surface area (Å²) in [4.78, 5) is 8.94. The molecule has 1 fully saturated rings. The summed E-state index contributed by atoms with van der Waals surface area (Å²) >= 11 is 3.20. The van der Waals surface area contributed by atoms with Crippen LogP contribution < -0.4 is 5.32 Å². The maximum atomic E-state index is 13.7. The molecule has 0 saturated carbocycles. The number of piperazine rings is 1. The van der Waals surface area contributed by atoms with Gasteiger partial charge in [-0.05, 0) is 40.0 Å². The Hall–Kier alpha value is -1.93. The van der Waals surface area contributed by atoms with E-state index in [2.05, 4.69) is 48.1 Å². The van der Waals surface area contributed by atoms with E-state index in [0.29, 0.717) is 11.0 Å². The van der Waals surface area contributed by atoms with Gasteiger partial charge in [0.2, 0.25) is 0 Å². The highest BCUT2D eigenvalue weighted by Crippen LogP contribution is 2.18. The van der Waals surface area contributed by atoms with E-state index < -0.39 is 0 Å². The Balaban J connectivity index is 1.48. The van der Waals surface area contributed by atoms with Gasteiger partial charge in [-0.3, -0.25) is 9.89 Å². The SMILES string of the molecule is CCc1cc(CNC(=NC)N2CCN(Cc3ccc(Br)c(F)c3)CC2)on1. The van der Waals surface area contributed by atoms with Crippen molar-refractivity contribution in [1.82, 2.24) is 20.3 Å². The summed E-state index contributed by atoms with van der Waals surface area (Å²) in [6, 6.07) is 7.29. The molecule has 0 aliphatic carbocycles. The van der Waals surface area contributed by atoms with Crippen molar-refractivity contribution in [3.8, 4) is 0 Å². The van der Waals surface area contributed by atoms with Gasteiger partial charge in [0, 0.05) is 45.8 Å². The molecule has 1 aromatic carbocycles. The Morgan fingerprint density at radius 3 is 2.70 bits per heavy atom. The summed E-state index contributed by atoms with van der Waals surface area (Å²) in [5, 5.41) is 7.35. The molecule has 0 bridgehead atoms. The van der Waals surface area contributed by atoms with Crippen molar-refractivity contribution in [2.45, 2.75) is 26.4 Å². The fourth-order valence-corrected chi connectivity index (χ4v) is 3.36. The minimum Gasteiger partial charge on any atom is -0.359 e. The zero-order chi connectivity index (χ0) is 19.2. The van der Waals surface area contributed by atoms with Crippen molar-refractivity contribution < 1.29 is 8.91 Å². The van der Waals surface area contributed by atoms with Gasteiger partial charge in [0.05, 0.1) is 16.7 Å². The summed E-state index contributed by atoms with van der Waals surface area (Å²) in [6.07, 6.45) is 0.864. The number of aromatic nitrogens is 1. The molecule has 2 heterocycles. The minimum atomic E-state index is -0.214.